The van der Waals surface area contributed by atoms with Gasteiger partial charge in [-0.3, -0.25) is 0 Å². The predicted molar refractivity (Wildman–Crippen MR) is 96.4 cm³/mol. The summed E-state index contributed by atoms with van der Waals surface area (Å²) in [5, 5.41) is 0. The highest BCUT2D eigenvalue weighted by atomic mass is 14.4. The molecule has 0 atom stereocenters. The molecule has 0 heteroatoms. The second-order valence-electron chi connectivity index (χ2n) is 6.89. The van der Waals surface area contributed by atoms with Crippen LogP contribution in [0.1, 0.15) is 120 Å². The molecule has 0 N–H and O–H groups in total. The van der Waals surface area contributed by atoms with E-state index in [1.807, 2.05) is 27.7 Å². The molecule has 2 saturated carbocycles. The number of hydrogen-bond acceptors (Lipinski definition) is 0. The summed E-state index contributed by atoms with van der Waals surface area (Å²) in [6.45, 7) is 13.0. The molecule has 0 spiro atoms. The zero-order valence-corrected chi connectivity index (χ0v) is 14.8. The molecule has 2 rings (SSSR count). The second kappa shape index (κ2) is 11.6. The van der Waals surface area contributed by atoms with Crippen LogP contribution in [0.2, 0.25) is 0 Å². The van der Waals surface area contributed by atoms with Crippen LogP contribution in [0.15, 0.2) is 0 Å². The van der Waals surface area contributed by atoms with E-state index in [2.05, 4.69) is 13.8 Å². The van der Waals surface area contributed by atoms with Crippen LogP contribution in [0, 0.1) is 10.8 Å². The van der Waals surface area contributed by atoms with Crippen molar-refractivity contribution in [1.82, 2.24) is 0 Å². The molecule has 0 nitrogen and oxygen atoms in total. The van der Waals surface area contributed by atoms with Crippen LogP contribution in [0.5, 0.6) is 0 Å². The Balaban J connectivity index is 0. The van der Waals surface area contributed by atoms with Gasteiger partial charge < -0.3 is 0 Å². The summed E-state index contributed by atoms with van der Waals surface area (Å²) in [7, 11) is 0. The van der Waals surface area contributed by atoms with Gasteiger partial charge in [-0.25, -0.2) is 0 Å². The zero-order chi connectivity index (χ0) is 14.8. The van der Waals surface area contributed by atoms with Crippen LogP contribution >= 0.6 is 0 Å². The fourth-order valence-corrected chi connectivity index (χ4v) is 3.90. The molecule has 2 aliphatic rings. The Kier molecular flexibility index (Phi) is 13.0. The van der Waals surface area contributed by atoms with E-state index in [1.165, 1.54) is 70.6 Å². The Labute approximate surface area is 131 Å². The molecule has 0 saturated heterocycles. The Bertz CT molecular complexity index is 170. The molecule has 0 bridgehead atoms. The second-order valence-corrected chi connectivity index (χ2v) is 6.89. The van der Waals surface area contributed by atoms with Crippen LogP contribution in [0.25, 0.3) is 0 Å². The standard InChI is InChI=1S/C15H28.2C2H6.CH4/c1-14(8-3-4-9-14)12-7-13-15(2)10-5-6-11-15;2*1-2;/h3-13H2,1-2H3;2*1-2H3;1H4. The SMILES string of the molecule is C.CC.CC.CC1(CCCC2(C)CCCC2)CCCC1. The van der Waals surface area contributed by atoms with E-state index >= 15 is 0 Å². The molecule has 0 unspecified atom stereocenters. The summed E-state index contributed by atoms with van der Waals surface area (Å²) in [6.07, 6.45) is 16.5. The lowest BCUT2D eigenvalue weighted by atomic mass is 9.78. The van der Waals surface area contributed by atoms with Crippen molar-refractivity contribution < 1.29 is 0 Å². The van der Waals surface area contributed by atoms with E-state index in [-0.39, 0.29) is 7.43 Å². The lowest BCUT2D eigenvalue weighted by Crippen LogP contribution is -2.15. The van der Waals surface area contributed by atoms with Gasteiger partial charge in [-0.1, -0.05) is 81.1 Å². The maximum atomic E-state index is 2.52. The molecule has 2 fully saturated rings. The van der Waals surface area contributed by atoms with E-state index in [9.17, 15) is 0 Å². The smallest absolute Gasteiger partial charge is 0.0326 e. The van der Waals surface area contributed by atoms with Crippen LogP contribution in [0.3, 0.4) is 0 Å². The lowest BCUT2D eigenvalue weighted by Gasteiger charge is -2.28. The van der Waals surface area contributed by atoms with Crippen LogP contribution in [0.4, 0.5) is 0 Å². The highest BCUT2D eigenvalue weighted by molar-refractivity contribution is 4.84. The van der Waals surface area contributed by atoms with E-state index < -0.39 is 0 Å². The Morgan fingerprint density at radius 3 is 1.10 bits per heavy atom. The van der Waals surface area contributed by atoms with Gasteiger partial charge in [0.15, 0.2) is 0 Å². The topological polar surface area (TPSA) is 0 Å². The molecule has 0 aromatic heterocycles. The van der Waals surface area contributed by atoms with Crippen molar-refractivity contribution in [1.29, 1.82) is 0 Å². The van der Waals surface area contributed by atoms with Crippen molar-refractivity contribution in [2.24, 2.45) is 10.8 Å². The van der Waals surface area contributed by atoms with Gasteiger partial charge in [-0.15, -0.1) is 0 Å². The van der Waals surface area contributed by atoms with Gasteiger partial charge in [0.05, 0.1) is 0 Å². The number of rotatable bonds is 4. The first-order chi connectivity index (χ1) is 9.12. The summed E-state index contributed by atoms with van der Waals surface area (Å²) < 4.78 is 0. The van der Waals surface area contributed by atoms with Crippen LogP contribution < -0.4 is 0 Å². The van der Waals surface area contributed by atoms with Gasteiger partial charge >= 0.3 is 0 Å². The first-order valence-corrected chi connectivity index (χ1v) is 9.12. The summed E-state index contributed by atoms with van der Waals surface area (Å²) >= 11 is 0. The highest BCUT2D eigenvalue weighted by Crippen LogP contribution is 2.45. The Morgan fingerprint density at radius 2 is 0.850 bits per heavy atom. The summed E-state index contributed by atoms with van der Waals surface area (Å²) in [6, 6.07) is 0. The van der Waals surface area contributed by atoms with Gasteiger partial charge in [0.1, 0.15) is 0 Å². The molecule has 124 valence electrons. The molecule has 0 aromatic carbocycles. The lowest BCUT2D eigenvalue weighted by molar-refractivity contribution is 0.243. The monoisotopic (exact) mass is 284 g/mol. The quantitative estimate of drug-likeness (QED) is 0.490. The van der Waals surface area contributed by atoms with E-state index in [0.29, 0.717) is 0 Å². The molecular weight excluding hydrogens is 240 g/mol. The van der Waals surface area contributed by atoms with Crippen molar-refractivity contribution in [3.63, 3.8) is 0 Å². The third-order valence-electron chi connectivity index (χ3n) is 5.18. The molecular formula is C20H44. The van der Waals surface area contributed by atoms with E-state index in [0.717, 1.165) is 10.8 Å². The molecule has 2 aliphatic carbocycles. The van der Waals surface area contributed by atoms with Crippen LogP contribution in [-0.2, 0) is 0 Å². The van der Waals surface area contributed by atoms with Gasteiger partial charge in [0.2, 0.25) is 0 Å². The molecule has 0 aliphatic heterocycles. The summed E-state index contributed by atoms with van der Waals surface area (Å²) in [4.78, 5) is 0. The molecule has 0 aromatic rings. The molecule has 0 radical (unpaired) electrons. The van der Waals surface area contributed by atoms with E-state index in [1.54, 1.807) is 0 Å². The van der Waals surface area contributed by atoms with Crippen molar-refractivity contribution in [3.05, 3.63) is 0 Å². The van der Waals surface area contributed by atoms with Gasteiger partial charge in [-0.2, -0.15) is 0 Å². The predicted octanol–water partition coefficient (Wildman–Crippen LogP) is 8.01. The van der Waals surface area contributed by atoms with Gasteiger partial charge in [0, 0.05) is 0 Å². The Morgan fingerprint density at radius 1 is 0.600 bits per heavy atom. The van der Waals surface area contributed by atoms with Crippen molar-refractivity contribution in [2.75, 3.05) is 0 Å². The van der Waals surface area contributed by atoms with Crippen molar-refractivity contribution >= 4 is 0 Å². The first kappa shape index (κ1) is 22.3. The largest absolute Gasteiger partial charge is 0.0776 e. The van der Waals surface area contributed by atoms with Gasteiger partial charge in [-0.05, 0) is 49.4 Å². The minimum absolute atomic E-state index is 0. The highest BCUT2D eigenvalue weighted by Gasteiger charge is 2.31. The Hall–Kier alpha value is 0. The zero-order valence-electron chi connectivity index (χ0n) is 14.8. The fraction of sp³-hybridized carbons (Fsp3) is 1.00. The molecule has 20 heavy (non-hydrogen) atoms. The average molecular weight is 285 g/mol. The van der Waals surface area contributed by atoms with Crippen molar-refractivity contribution in [3.8, 4) is 0 Å². The van der Waals surface area contributed by atoms with Gasteiger partial charge in [0.25, 0.3) is 0 Å². The maximum Gasteiger partial charge on any atom is -0.0326 e. The third-order valence-corrected chi connectivity index (χ3v) is 5.18. The third kappa shape index (κ3) is 7.70. The summed E-state index contributed by atoms with van der Waals surface area (Å²) in [5.74, 6) is 0. The van der Waals surface area contributed by atoms with Crippen LogP contribution in [-0.4, -0.2) is 0 Å². The average Bonchev–Trinajstić information content (AvgIpc) is 3.04. The minimum Gasteiger partial charge on any atom is -0.0776 e. The number of hydrogen-bond donors (Lipinski definition) is 0. The molecule has 0 amide bonds. The normalized spacial score (nSPS) is 21.9. The molecule has 0 heterocycles. The summed E-state index contributed by atoms with van der Waals surface area (Å²) in [5.41, 5.74) is 1.46. The fourth-order valence-electron chi connectivity index (χ4n) is 3.90. The van der Waals surface area contributed by atoms with Crippen molar-refractivity contribution in [2.45, 2.75) is 120 Å². The first-order valence-electron chi connectivity index (χ1n) is 9.12. The minimum atomic E-state index is 0. The van der Waals surface area contributed by atoms with E-state index in [4.69, 9.17) is 0 Å². The maximum absolute atomic E-state index is 2.52.